The summed E-state index contributed by atoms with van der Waals surface area (Å²) in [4.78, 5) is 6.27. The van der Waals surface area contributed by atoms with E-state index in [-0.39, 0.29) is 0 Å². The zero-order valence-corrected chi connectivity index (χ0v) is 16.2. The summed E-state index contributed by atoms with van der Waals surface area (Å²) in [6.45, 7) is 3.22. The fraction of sp³-hybridized carbons (Fsp3) is 0.292. The van der Waals surface area contributed by atoms with E-state index in [9.17, 15) is 4.39 Å². The van der Waals surface area contributed by atoms with Crippen molar-refractivity contribution < 1.29 is 13.9 Å². The van der Waals surface area contributed by atoms with Crippen LogP contribution in [0.15, 0.2) is 60.8 Å². The van der Waals surface area contributed by atoms with Gasteiger partial charge in [0.15, 0.2) is 11.5 Å². The Kier molecular flexibility index (Phi) is 4.90. The summed E-state index contributed by atoms with van der Waals surface area (Å²) in [7, 11) is 0. The second-order valence-electron chi connectivity index (χ2n) is 7.60. The highest BCUT2D eigenvalue weighted by atomic mass is 19.1. The van der Waals surface area contributed by atoms with E-state index in [1.165, 1.54) is 23.6 Å². The fourth-order valence-electron chi connectivity index (χ4n) is 4.24. The van der Waals surface area contributed by atoms with Gasteiger partial charge < -0.3 is 9.47 Å². The topological polar surface area (TPSA) is 34.6 Å². The van der Waals surface area contributed by atoms with Gasteiger partial charge in [0.1, 0.15) is 13.2 Å². The van der Waals surface area contributed by atoms with Gasteiger partial charge in [-0.2, -0.15) is 4.39 Å². The summed E-state index contributed by atoms with van der Waals surface area (Å²) < 4.78 is 24.5. The number of aromatic nitrogens is 1. The molecular weight excluding hydrogens is 367 g/mol. The Bertz CT molecular complexity index is 989. The maximum atomic E-state index is 13.0. The van der Waals surface area contributed by atoms with Crippen molar-refractivity contribution in [2.75, 3.05) is 19.8 Å². The second kappa shape index (κ2) is 7.84. The van der Waals surface area contributed by atoms with E-state index >= 15 is 0 Å². The first-order chi connectivity index (χ1) is 14.3. The average molecular weight is 390 g/mol. The molecule has 0 unspecified atom stereocenters. The highest BCUT2D eigenvalue weighted by molar-refractivity contribution is 5.62. The summed E-state index contributed by atoms with van der Waals surface area (Å²) in [6.07, 6.45) is 3.92. The summed E-state index contributed by atoms with van der Waals surface area (Å²) in [5.74, 6) is 1.25. The molecule has 2 aliphatic rings. The highest BCUT2D eigenvalue weighted by Crippen LogP contribution is 2.38. The molecule has 1 atom stereocenters. The van der Waals surface area contributed by atoms with Crippen LogP contribution in [-0.2, 0) is 6.54 Å². The SMILES string of the molecule is Fc1ccc(-c2ccc(CN3CCC[C@H]3c3ccc4c(c3)OCCO4)cc2)cn1. The lowest BCUT2D eigenvalue weighted by atomic mass is 10.0. The van der Waals surface area contributed by atoms with E-state index in [0.717, 1.165) is 42.1 Å². The van der Waals surface area contributed by atoms with Crippen LogP contribution in [0.3, 0.4) is 0 Å². The Morgan fingerprint density at radius 2 is 1.72 bits per heavy atom. The third-order valence-corrected chi connectivity index (χ3v) is 5.71. The molecule has 0 aliphatic carbocycles. The van der Waals surface area contributed by atoms with Crippen molar-refractivity contribution >= 4 is 0 Å². The number of rotatable bonds is 4. The third-order valence-electron chi connectivity index (χ3n) is 5.71. The lowest BCUT2D eigenvalue weighted by Crippen LogP contribution is -2.23. The zero-order chi connectivity index (χ0) is 19.6. The van der Waals surface area contributed by atoms with Crippen molar-refractivity contribution in [3.8, 4) is 22.6 Å². The number of ether oxygens (including phenoxy) is 2. The monoisotopic (exact) mass is 390 g/mol. The molecule has 4 nitrogen and oxygen atoms in total. The minimum absolute atomic E-state index is 0.395. The Morgan fingerprint density at radius 1 is 0.931 bits per heavy atom. The van der Waals surface area contributed by atoms with Crippen LogP contribution in [0.5, 0.6) is 11.5 Å². The minimum atomic E-state index is -0.454. The van der Waals surface area contributed by atoms with Crippen LogP contribution in [-0.4, -0.2) is 29.6 Å². The smallest absolute Gasteiger partial charge is 0.212 e. The Hall–Kier alpha value is -2.92. The molecule has 2 aliphatic heterocycles. The molecule has 1 aromatic heterocycles. The van der Waals surface area contributed by atoms with Crippen LogP contribution >= 0.6 is 0 Å². The molecule has 2 aromatic carbocycles. The summed E-state index contributed by atoms with van der Waals surface area (Å²) >= 11 is 0. The van der Waals surface area contributed by atoms with E-state index in [1.54, 1.807) is 12.3 Å². The molecular formula is C24H23FN2O2. The second-order valence-corrected chi connectivity index (χ2v) is 7.60. The Morgan fingerprint density at radius 3 is 2.52 bits per heavy atom. The molecule has 0 N–H and O–H groups in total. The Labute approximate surface area is 169 Å². The molecule has 0 radical (unpaired) electrons. The van der Waals surface area contributed by atoms with Gasteiger partial charge >= 0.3 is 0 Å². The molecule has 0 saturated carbocycles. The van der Waals surface area contributed by atoms with Gasteiger partial charge in [-0.15, -0.1) is 0 Å². The van der Waals surface area contributed by atoms with Gasteiger partial charge in [0.2, 0.25) is 5.95 Å². The lowest BCUT2D eigenvalue weighted by molar-refractivity contribution is 0.170. The van der Waals surface area contributed by atoms with Crippen molar-refractivity contribution in [2.24, 2.45) is 0 Å². The highest BCUT2D eigenvalue weighted by Gasteiger charge is 2.27. The van der Waals surface area contributed by atoms with E-state index in [2.05, 4.69) is 46.3 Å². The minimum Gasteiger partial charge on any atom is -0.486 e. The molecule has 0 spiro atoms. The molecule has 3 heterocycles. The number of likely N-dealkylation sites (tertiary alicyclic amines) is 1. The van der Waals surface area contributed by atoms with Crippen LogP contribution in [0, 0.1) is 5.95 Å². The van der Waals surface area contributed by atoms with Crippen molar-refractivity contribution in [1.29, 1.82) is 0 Å². The summed E-state index contributed by atoms with van der Waals surface area (Å²) in [5, 5.41) is 0. The first-order valence-corrected chi connectivity index (χ1v) is 10.1. The van der Waals surface area contributed by atoms with Gasteiger partial charge in [-0.05, 0) is 60.3 Å². The van der Waals surface area contributed by atoms with Gasteiger partial charge in [0.25, 0.3) is 0 Å². The summed E-state index contributed by atoms with van der Waals surface area (Å²) in [5.41, 5.74) is 4.54. The van der Waals surface area contributed by atoms with Gasteiger partial charge in [0, 0.05) is 24.3 Å². The van der Waals surface area contributed by atoms with Crippen molar-refractivity contribution in [2.45, 2.75) is 25.4 Å². The van der Waals surface area contributed by atoms with E-state index in [4.69, 9.17) is 9.47 Å². The Balaban J connectivity index is 1.31. The summed E-state index contributed by atoms with van der Waals surface area (Å²) in [6, 6.07) is 18.4. The molecule has 5 heteroatoms. The van der Waals surface area contributed by atoms with Gasteiger partial charge in [-0.25, -0.2) is 4.98 Å². The van der Waals surface area contributed by atoms with Crippen LogP contribution in [0.2, 0.25) is 0 Å². The van der Waals surface area contributed by atoms with Crippen LogP contribution < -0.4 is 9.47 Å². The quantitative estimate of drug-likeness (QED) is 0.588. The predicted molar refractivity (Wildman–Crippen MR) is 109 cm³/mol. The zero-order valence-electron chi connectivity index (χ0n) is 16.2. The van der Waals surface area contributed by atoms with Crippen molar-refractivity contribution in [3.63, 3.8) is 0 Å². The van der Waals surface area contributed by atoms with Gasteiger partial charge in [-0.3, -0.25) is 4.90 Å². The molecule has 0 bridgehead atoms. The molecule has 29 heavy (non-hydrogen) atoms. The van der Waals surface area contributed by atoms with Gasteiger partial charge in [0.05, 0.1) is 0 Å². The van der Waals surface area contributed by atoms with Crippen LogP contribution in [0.1, 0.15) is 30.0 Å². The maximum absolute atomic E-state index is 13.0. The molecule has 1 fully saturated rings. The van der Waals surface area contributed by atoms with E-state index in [1.807, 2.05) is 6.07 Å². The number of nitrogens with zero attached hydrogens (tertiary/aromatic N) is 2. The fourth-order valence-corrected chi connectivity index (χ4v) is 4.24. The molecule has 5 rings (SSSR count). The molecule has 0 amide bonds. The van der Waals surface area contributed by atoms with Gasteiger partial charge in [-0.1, -0.05) is 30.3 Å². The molecule has 148 valence electrons. The maximum Gasteiger partial charge on any atom is 0.212 e. The predicted octanol–water partition coefficient (Wildman–Crippen LogP) is 5.00. The number of benzene rings is 2. The largest absolute Gasteiger partial charge is 0.486 e. The van der Waals surface area contributed by atoms with Crippen LogP contribution in [0.25, 0.3) is 11.1 Å². The number of fused-ring (bicyclic) bond motifs is 1. The standard InChI is InChI=1S/C24H23FN2O2/c25-24-10-8-20(15-26-24)18-5-3-17(4-6-18)16-27-11-1-2-21(27)19-7-9-22-23(14-19)29-13-12-28-22/h3-10,14-15,21H,1-2,11-13,16H2/t21-/m0/s1. The third kappa shape index (κ3) is 3.83. The van der Waals surface area contributed by atoms with Crippen molar-refractivity contribution in [3.05, 3.63) is 77.9 Å². The lowest BCUT2D eigenvalue weighted by Gasteiger charge is -2.26. The molecule has 3 aromatic rings. The first kappa shape index (κ1) is 18.1. The van der Waals surface area contributed by atoms with Crippen LogP contribution in [0.4, 0.5) is 4.39 Å². The number of halogens is 1. The van der Waals surface area contributed by atoms with E-state index < -0.39 is 5.95 Å². The number of hydrogen-bond acceptors (Lipinski definition) is 4. The van der Waals surface area contributed by atoms with Crippen molar-refractivity contribution in [1.82, 2.24) is 9.88 Å². The molecule has 1 saturated heterocycles. The average Bonchev–Trinajstić information content (AvgIpc) is 3.23. The first-order valence-electron chi connectivity index (χ1n) is 10.1. The number of hydrogen-bond donors (Lipinski definition) is 0. The van der Waals surface area contributed by atoms with E-state index in [0.29, 0.717) is 19.3 Å². The number of pyridine rings is 1. The normalized spacial score (nSPS) is 18.7.